The van der Waals surface area contributed by atoms with E-state index >= 15 is 0 Å². The minimum Gasteiger partial charge on any atom is -0.342 e. The number of hydrogen-bond acceptors (Lipinski definition) is 4. The van der Waals surface area contributed by atoms with Crippen LogP contribution >= 0.6 is 11.8 Å². The summed E-state index contributed by atoms with van der Waals surface area (Å²) in [6.07, 6.45) is 4.63. The Balaban J connectivity index is 1.43. The molecule has 0 bridgehead atoms. The summed E-state index contributed by atoms with van der Waals surface area (Å²) >= 11 is 1.53. The second-order valence-electron chi connectivity index (χ2n) is 7.54. The highest BCUT2D eigenvalue weighted by molar-refractivity contribution is 7.99. The number of hydrogen-bond donors (Lipinski definition) is 0. The first kappa shape index (κ1) is 17.6. The molecule has 26 heavy (non-hydrogen) atoms. The van der Waals surface area contributed by atoms with Crippen molar-refractivity contribution in [2.24, 2.45) is 5.92 Å². The van der Waals surface area contributed by atoms with Crippen molar-refractivity contribution in [3.8, 4) is 0 Å². The summed E-state index contributed by atoms with van der Waals surface area (Å²) in [5, 5.41) is 9.72. The second-order valence-corrected chi connectivity index (χ2v) is 8.48. The maximum Gasteiger partial charge on any atom is 0.233 e. The fourth-order valence-electron chi connectivity index (χ4n) is 3.44. The molecule has 0 N–H and O–H groups in total. The van der Waals surface area contributed by atoms with Crippen LogP contribution in [0.1, 0.15) is 49.9 Å². The van der Waals surface area contributed by atoms with Gasteiger partial charge in [0.2, 0.25) is 5.91 Å². The summed E-state index contributed by atoms with van der Waals surface area (Å²) in [7, 11) is 0. The summed E-state index contributed by atoms with van der Waals surface area (Å²) < 4.78 is 2.21. The molecule has 1 aliphatic carbocycles. The van der Waals surface area contributed by atoms with Crippen LogP contribution < -0.4 is 0 Å². The molecule has 2 heterocycles. The van der Waals surface area contributed by atoms with E-state index in [0.29, 0.717) is 11.7 Å². The molecule has 1 amide bonds. The molecule has 2 aliphatic rings. The highest BCUT2D eigenvalue weighted by Crippen LogP contribution is 2.40. The van der Waals surface area contributed by atoms with E-state index in [-0.39, 0.29) is 5.91 Å². The van der Waals surface area contributed by atoms with Crippen molar-refractivity contribution in [3.05, 3.63) is 41.7 Å². The molecule has 0 atom stereocenters. The van der Waals surface area contributed by atoms with Crippen molar-refractivity contribution >= 4 is 17.7 Å². The Labute approximate surface area is 159 Å². The minimum atomic E-state index is 0.226. The maximum absolute atomic E-state index is 12.5. The lowest BCUT2D eigenvalue weighted by atomic mass is 9.99. The second kappa shape index (κ2) is 7.82. The largest absolute Gasteiger partial charge is 0.342 e. The maximum atomic E-state index is 12.5. The lowest BCUT2D eigenvalue weighted by molar-refractivity contribution is -0.129. The molecule has 0 unspecified atom stereocenters. The van der Waals surface area contributed by atoms with E-state index in [4.69, 9.17) is 0 Å². The van der Waals surface area contributed by atoms with E-state index in [0.717, 1.165) is 49.4 Å². The van der Waals surface area contributed by atoms with E-state index in [2.05, 4.69) is 46.0 Å². The highest BCUT2D eigenvalue weighted by atomic mass is 32.2. The van der Waals surface area contributed by atoms with Crippen molar-refractivity contribution in [2.45, 2.75) is 50.2 Å². The van der Waals surface area contributed by atoms with Gasteiger partial charge in [0.1, 0.15) is 5.82 Å². The smallest absolute Gasteiger partial charge is 0.233 e. The van der Waals surface area contributed by atoms with E-state index in [9.17, 15) is 4.79 Å². The number of carbonyl (C=O) groups excluding carboxylic acids is 1. The van der Waals surface area contributed by atoms with Crippen LogP contribution in [0.4, 0.5) is 0 Å². The van der Waals surface area contributed by atoms with Crippen molar-refractivity contribution in [1.82, 2.24) is 19.7 Å². The molecule has 5 nitrogen and oxygen atoms in total. The molecule has 1 aromatic carbocycles. The van der Waals surface area contributed by atoms with Crippen LogP contribution in [0.2, 0.25) is 0 Å². The van der Waals surface area contributed by atoms with Crippen molar-refractivity contribution < 1.29 is 4.79 Å². The molecule has 1 aliphatic heterocycles. The number of piperidine rings is 1. The number of amides is 1. The van der Waals surface area contributed by atoms with Gasteiger partial charge in [0.15, 0.2) is 5.16 Å². The van der Waals surface area contributed by atoms with Gasteiger partial charge in [0.25, 0.3) is 0 Å². The molecule has 2 aromatic rings. The van der Waals surface area contributed by atoms with E-state index in [1.807, 2.05) is 11.0 Å². The third-order valence-electron chi connectivity index (χ3n) is 5.33. The van der Waals surface area contributed by atoms with Crippen LogP contribution in [0.3, 0.4) is 0 Å². The van der Waals surface area contributed by atoms with Gasteiger partial charge in [-0.1, -0.05) is 49.0 Å². The molecular weight excluding hydrogens is 344 g/mol. The predicted octanol–water partition coefficient (Wildman–Crippen LogP) is 3.55. The zero-order chi connectivity index (χ0) is 17.9. The quantitative estimate of drug-likeness (QED) is 0.730. The standard InChI is InChI=1S/C20H26N4OS/c1-15-9-11-23(12-10-15)18(25)14-26-20-22-21-19(17-7-8-17)24(20)13-16-5-3-2-4-6-16/h2-6,15,17H,7-14H2,1H3. The SMILES string of the molecule is CC1CCN(C(=O)CSc2nnc(C3CC3)n2Cc2ccccc2)CC1. The minimum absolute atomic E-state index is 0.226. The van der Waals surface area contributed by atoms with Gasteiger partial charge < -0.3 is 9.47 Å². The normalized spacial score (nSPS) is 18.3. The monoisotopic (exact) mass is 370 g/mol. The Morgan fingerprint density at radius 1 is 1.12 bits per heavy atom. The first-order valence-corrected chi connectivity index (χ1v) is 10.6. The lowest BCUT2D eigenvalue weighted by Gasteiger charge is -2.30. The number of carbonyl (C=O) groups is 1. The molecule has 6 heteroatoms. The number of aromatic nitrogens is 3. The molecule has 138 valence electrons. The Hall–Kier alpha value is -1.82. The van der Waals surface area contributed by atoms with Crippen LogP contribution in [0.5, 0.6) is 0 Å². The van der Waals surface area contributed by atoms with Gasteiger partial charge in [-0.2, -0.15) is 0 Å². The Morgan fingerprint density at radius 2 is 1.85 bits per heavy atom. The van der Waals surface area contributed by atoms with Gasteiger partial charge in [-0.15, -0.1) is 10.2 Å². The van der Waals surface area contributed by atoms with Gasteiger partial charge in [-0.3, -0.25) is 4.79 Å². The van der Waals surface area contributed by atoms with Crippen LogP contribution in [0.25, 0.3) is 0 Å². The number of rotatable bonds is 6. The molecule has 0 radical (unpaired) electrons. The average molecular weight is 371 g/mol. The number of nitrogens with zero attached hydrogens (tertiary/aromatic N) is 4. The topological polar surface area (TPSA) is 51.0 Å². The average Bonchev–Trinajstić information content (AvgIpc) is 3.43. The first-order valence-electron chi connectivity index (χ1n) is 9.58. The van der Waals surface area contributed by atoms with Crippen LogP contribution in [0, 0.1) is 5.92 Å². The third-order valence-corrected chi connectivity index (χ3v) is 6.28. The van der Waals surface area contributed by atoms with Gasteiger partial charge in [-0.25, -0.2) is 0 Å². The summed E-state index contributed by atoms with van der Waals surface area (Å²) in [5.74, 6) is 3.03. The summed E-state index contributed by atoms with van der Waals surface area (Å²) in [5.41, 5.74) is 1.24. The summed E-state index contributed by atoms with van der Waals surface area (Å²) in [6.45, 7) is 4.83. The number of benzene rings is 1. The van der Waals surface area contributed by atoms with E-state index < -0.39 is 0 Å². The van der Waals surface area contributed by atoms with Crippen LogP contribution in [0.15, 0.2) is 35.5 Å². The fourth-order valence-corrected chi connectivity index (χ4v) is 4.29. The van der Waals surface area contributed by atoms with Gasteiger partial charge in [0.05, 0.1) is 12.3 Å². The molecule has 2 fully saturated rings. The van der Waals surface area contributed by atoms with Crippen LogP contribution in [-0.4, -0.2) is 44.4 Å². The number of thioether (sulfide) groups is 1. The number of likely N-dealkylation sites (tertiary alicyclic amines) is 1. The van der Waals surface area contributed by atoms with E-state index in [1.54, 1.807) is 0 Å². The van der Waals surface area contributed by atoms with Gasteiger partial charge in [-0.05, 0) is 37.2 Å². The molecular formula is C20H26N4OS. The molecule has 1 saturated heterocycles. The molecule has 1 aromatic heterocycles. The summed E-state index contributed by atoms with van der Waals surface area (Å²) in [4.78, 5) is 14.6. The fraction of sp³-hybridized carbons (Fsp3) is 0.550. The Morgan fingerprint density at radius 3 is 2.54 bits per heavy atom. The first-order chi connectivity index (χ1) is 12.7. The van der Waals surface area contributed by atoms with E-state index in [1.165, 1.54) is 30.2 Å². The summed E-state index contributed by atoms with van der Waals surface area (Å²) in [6, 6.07) is 10.4. The zero-order valence-corrected chi connectivity index (χ0v) is 16.1. The predicted molar refractivity (Wildman–Crippen MR) is 103 cm³/mol. The van der Waals surface area contributed by atoms with Crippen molar-refractivity contribution in [2.75, 3.05) is 18.8 Å². The van der Waals surface area contributed by atoms with Crippen molar-refractivity contribution in [1.29, 1.82) is 0 Å². The highest BCUT2D eigenvalue weighted by Gasteiger charge is 2.31. The van der Waals surface area contributed by atoms with Gasteiger partial charge in [0, 0.05) is 19.0 Å². The molecule has 0 spiro atoms. The van der Waals surface area contributed by atoms with Gasteiger partial charge >= 0.3 is 0 Å². The van der Waals surface area contributed by atoms with Crippen LogP contribution in [-0.2, 0) is 11.3 Å². The zero-order valence-electron chi connectivity index (χ0n) is 15.3. The third kappa shape index (κ3) is 4.11. The molecule has 1 saturated carbocycles. The molecule has 4 rings (SSSR count). The lowest BCUT2D eigenvalue weighted by Crippen LogP contribution is -2.38. The van der Waals surface area contributed by atoms with Crippen molar-refractivity contribution in [3.63, 3.8) is 0 Å². The Bertz CT molecular complexity index is 748. The Kier molecular flexibility index (Phi) is 5.29.